The van der Waals surface area contributed by atoms with E-state index in [4.69, 9.17) is 4.74 Å². The van der Waals surface area contributed by atoms with Gasteiger partial charge in [0.25, 0.3) is 0 Å². The van der Waals surface area contributed by atoms with E-state index in [1.54, 1.807) is 12.4 Å². The highest BCUT2D eigenvalue weighted by Gasteiger charge is 2.21. The first-order valence-electron chi connectivity index (χ1n) is 7.66. The van der Waals surface area contributed by atoms with E-state index in [9.17, 15) is 0 Å². The lowest BCUT2D eigenvalue weighted by molar-refractivity contribution is 0.305. The monoisotopic (exact) mass is 282 g/mol. The van der Waals surface area contributed by atoms with Gasteiger partial charge >= 0.3 is 0 Å². The summed E-state index contributed by atoms with van der Waals surface area (Å²) >= 11 is 0. The average Bonchev–Trinajstić information content (AvgIpc) is 3.36. The molecule has 0 spiro atoms. The molecule has 0 amide bonds. The van der Waals surface area contributed by atoms with Gasteiger partial charge in [-0.1, -0.05) is 31.2 Å². The summed E-state index contributed by atoms with van der Waals surface area (Å²) in [5.41, 5.74) is 2.57. The zero-order valence-corrected chi connectivity index (χ0v) is 12.5. The number of pyridine rings is 1. The fourth-order valence-corrected chi connectivity index (χ4v) is 2.29. The third kappa shape index (κ3) is 4.30. The topological polar surface area (TPSA) is 34.1 Å². The molecule has 2 aromatic rings. The first kappa shape index (κ1) is 14.1. The number of nitrogens with one attached hydrogen (secondary N) is 1. The summed E-state index contributed by atoms with van der Waals surface area (Å²) in [6.07, 6.45) is 6.17. The average molecular weight is 282 g/mol. The number of rotatable bonds is 7. The van der Waals surface area contributed by atoms with Gasteiger partial charge in [0.1, 0.15) is 12.4 Å². The summed E-state index contributed by atoms with van der Waals surface area (Å²) in [6, 6.07) is 13.3. The van der Waals surface area contributed by atoms with Crippen LogP contribution < -0.4 is 10.1 Å². The van der Waals surface area contributed by atoms with Gasteiger partial charge in [0, 0.05) is 18.8 Å². The molecule has 1 fully saturated rings. The van der Waals surface area contributed by atoms with Crippen LogP contribution in [-0.2, 0) is 6.61 Å². The molecule has 1 aliphatic carbocycles. The molecule has 0 saturated heterocycles. The van der Waals surface area contributed by atoms with Crippen LogP contribution in [0.25, 0.3) is 0 Å². The fraction of sp³-hybridized carbons (Fsp3) is 0.389. The first-order valence-corrected chi connectivity index (χ1v) is 7.66. The van der Waals surface area contributed by atoms with Gasteiger partial charge in [-0.2, -0.15) is 0 Å². The van der Waals surface area contributed by atoms with E-state index < -0.39 is 0 Å². The van der Waals surface area contributed by atoms with Crippen molar-refractivity contribution in [1.29, 1.82) is 0 Å². The Labute approximate surface area is 126 Å². The molecule has 0 radical (unpaired) electrons. The second-order valence-corrected chi connectivity index (χ2v) is 5.80. The Bertz CT molecular complexity index is 549. The Morgan fingerprint density at radius 2 is 2.05 bits per heavy atom. The Balaban J connectivity index is 1.51. The molecule has 1 atom stereocenters. The van der Waals surface area contributed by atoms with E-state index in [1.807, 2.05) is 12.1 Å². The van der Waals surface area contributed by atoms with Crippen molar-refractivity contribution < 1.29 is 4.74 Å². The lowest BCUT2D eigenvalue weighted by Gasteiger charge is -2.13. The van der Waals surface area contributed by atoms with E-state index in [0.29, 0.717) is 12.5 Å². The van der Waals surface area contributed by atoms with Crippen LogP contribution >= 0.6 is 0 Å². The Kier molecular flexibility index (Phi) is 4.51. The SMILES string of the molecule is CC(CNC1CC1)c1ccc(COc2cccnc2)cc1. The predicted molar refractivity (Wildman–Crippen MR) is 84.5 cm³/mol. The summed E-state index contributed by atoms with van der Waals surface area (Å²) < 4.78 is 5.70. The van der Waals surface area contributed by atoms with Gasteiger partial charge < -0.3 is 10.1 Å². The van der Waals surface area contributed by atoms with Crippen LogP contribution in [0.4, 0.5) is 0 Å². The van der Waals surface area contributed by atoms with Crippen LogP contribution in [0.3, 0.4) is 0 Å². The second kappa shape index (κ2) is 6.72. The standard InChI is InChI=1S/C18H22N2O/c1-14(11-20-17-8-9-17)16-6-4-15(5-7-16)13-21-18-3-2-10-19-12-18/h2-7,10,12,14,17,20H,8-9,11,13H2,1H3. The molecule has 1 N–H and O–H groups in total. The van der Waals surface area contributed by atoms with E-state index in [-0.39, 0.29) is 0 Å². The quantitative estimate of drug-likeness (QED) is 0.843. The van der Waals surface area contributed by atoms with Crippen molar-refractivity contribution in [3.05, 3.63) is 59.9 Å². The molecule has 3 nitrogen and oxygen atoms in total. The van der Waals surface area contributed by atoms with Gasteiger partial charge in [-0.05, 0) is 42.0 Å². The summed E-state index contributed by atoms with van der Waals surface area (Å²) in [7, 11) is 0. The third-order valence-electron chi connectivity index (χ3n) is 3.88. The summed E-state index contributed by atoms with van der Waals surface area (Å²) in [5, 5.41) is 3.58. The number of hydrogen-bond acceptors (Lipinski definition) is 3. The minimum atomic E-state index is 0.555. The van der Waals surface area contributed by atoms with E-state index in [0.717, 1.165) is 18.3 Å². The second-order valence-electron chi connectivity index (χ2n) is 5.80. The summed E-state index contributed by atoms with van der Waals surface area (Å²) in [5.74, 6) is 1.36. The van der Waals surface area contributed by atoms with Crippen LogP contribution in [0.2, 0.25) is 0 Å². The van der Waals surface area contributed by atoms with Gasteiger partial charge in [-0.15, -0.1) is 0 Å². The highest BCUT2D eigenvalue weighted by molar-refractivity contribution is 5.26. The zero-order chi connectivity index (χ0) is 14.5. The summed E-state index contributed by atoms with van der Waals surface area (Å²) in [4.78, 5) is 4.04. The third-order valence-corrected chi connectivity index (χ3v) is 3.88. The lowest BCUT2D eigenvalue weighted by Crippen LogP contribution is -2.22. The molecule has 1 aromatic heterocycles. The van der Waals surface area contributed by atoms with Gasteiger partial charge in [0.2, 0.25) is 0 Å². The molecule has 0 aliphatic heterocycles. The van der Waals surface area contributed by atoms with E-state index in [1.165, 1.54) is 24.0 Å². The molecule has 1 aromatic carbocycles. The van der Waals surface area contributed by atoms with Gasteiger partial charge in [0.05, 0.1) is 6.20 Å². The highest BCUT2D eigenvalue weighted by atomic mass is 16.5. The lowest BCUT2D eigenvalue weighted by atomic mass is 10.00. The Morgan fingerprint density at radius 3 is 2.71 bits per heavy atom. The van der Waals surface area contributed by atoms with Crippen molar-refractivity contribution >= 4 is 0 Å². The van der Waals surface area contributed by atoms with Crippen LogP contribution in [0.15, 0.2) is 48.8 Å². The molecule has 21 heavy (non-hydrogen) atoms. The molecular weight excluding hydrogens is 260 g/mol. The van der Waals surface area contributed by atoms with Crippen LogP contribution in [0.1, 0.15) is 36.8 Å². The van der Waals surface area contributed by atoms with Crippen molar-refractivity contribution in [1.82, 2.24) is 10.3 Å². The molecule has 1 unspecified atom stereocenters. The van der Waals surface area contributed by atoms with Gasteiger partial charge in [0.15, 0.2) is 0 Å². The maximum Gasteiger partial charge on any atom is 0.138 e. The minimum Gasteiger partial charge on any atom is -0.487 e. The number of benzene rings is 1. The van der Waals surface area contributed by atoms with E-state index in [2.05, 4.69) is 41.5 Å². The van der Waals surface area contributed by atoms with Gasteiger partial charge in [-0.3, -0.25) is 4.98 Å². The molecule has 1 heterocycles. The number of aromatic nitrogens is 1. The predicted octanol–water partition coefficient (Wildman–Crippen LogP) is 3.52. The highest BCUT2D eigenvalue weighted by Crippen LogP contribution is 2.21. The number of hydrogen-bond donors (Lipinski definition) is 1. The molecule has 110 valence electrons. The molecule has 1 aliphatic rings. The van der Waals surface area contributed by atoms with Crippen LogP contribution in [0, 0.1) is 0 Å². The molecule has 1 saturated carbocycles. The van der Waals surface area contributed by atoms with Crippen molar-refractivity contribution in [3.63, 3.8) is 0 Å². The van der Waals surface area contributed by atoms with E-state index >= 15 is 0 Å². The normalized spacial score (nSPS) is 15.7. The molecular formula is C18H22N2O. The number of nitrogens with zero attached hydrogens (tertiary/aromatic N) is 1. The largest absolute Gasteiger partial charge is 0.487 e. The van der Waals surface area contributed by atoms with Gasteiger partial charge in [-0.25, -0.2) is 0 Å². The van der Waals surface area contributed by atoms with Crippen molar-refractivity contribution in [2.45, 2.75) is 38.3 Å². The first-order chi connectivity index (χ1) is 10.3. The maximum absolute atomic E-state index is 5.70. The smallest absolute Gasteiger partial charge is 0.138 e. The van der Waals surface area contributed by atoms with Crippen molar-refractivity contribution in [2.24, 2.45) is 0 Å². The maximum atomic E-state index is 5.70. The Hall–Kier alpha value is -1.87. The molecule has 3 heteroatoms. The Morgan fingerprint density at radius 1 is 1.24 bits per heavy atom. The summed E-state index contributed by atoms with van der Waals surface area (Å²) in [6.45, 7) is 3.92. The molecule has 3 rings (SSSR count). The zero-order valence-electron chi connectivity index (χ0n) is 12.5. The van der Waals surface area contributed by atoms with Crippen LogP contribution in [0.5, 0.6) is 5.75 Å². The number of ether oxygens (including phenoxy) is 1. The van der Waals surface area contributed by atoms with Crippen LogP contribution in [-0.4, -0.2) is 17.6 Å². The van der Waals surface area contributed by atoms with Crippen molar-refractivity contribution in [2.75, 3.05) is 6.54 Å². The molecule has 0 bridgehead atoms. The van der Waals surface area contributed by atoms with Crippen molar-refractivity contribution in [3.8, 4) is 5.75 Å². The minimum absolute atomic E-state index is 0.555. The fourth-order valence-electron chi connectivity index (χ4n) is 2.29.